The zero-order valence-corrected chi connectivity index (χ0v) is 25.5. The number of carbonyl (C=O) groups excluding carboxylic acids is 1. The topological polar surface area (TPSA) is 46.5 Å². The lowest BCUT2D eigenvalue weighted by atomic mass is 9.91. The van der Waals surface area contributed by atoms with Gasteiger partial charge in [0.15, 0.2) is 0 Å². The maximum Gasteiger partial charge on any atom is 0.313 e. The molecule has 0 saturated heterocycles. The van der Waals surface area contributed by atoms with Gasteiger partial charge in [0.1, 0.15) is 5.75 Å². The molecule has 0 saturated carbocycles. The summed E-state index contributed by atoms with van der Waals surface area (Å²) in [5, 5.41) is 10.2. The predicted molar refractivity (Wildman–Crippen MR) is 164 cm³/mol. The van der Waals surface area contributed by atoms with Gasteiger partial charge in [-0.15, -0.1) is 0 Å². The van der Waals surface area contributed by atoms with Crippen molar-refractivity contribution in [2.45, 2.75) is 174 Å². The van der Waals surface area contributed by atoms with Crippen LogP contribution in [0.1, 0.15) is 179 Å². The largest absolute Gasteiger partial charge is 0.508 e. The van der Waals surface area contributed by atoms with Gasteiger partial charge in [-0.05, 0) is 42.9 Å². The second kappa shape index (κ2) is 24.5. The lowest BCUT2D eigenvalue weighted by molar-refractivity contribution is -0.145. The van der Waals surface area contributed by atoms with Crippen LogP contribution in [0.5, 0.6) is 5.75 Å². The lowest BCUT2D eigenvalue weighted by Crippen LogP contribution is -2.17. The van der Waals surface area contributed by atoms with Gasteiger partial charge in [0, 0.05) is 0 Å². The Morgan fingerprint density at radius 2 is 1.13 bits per heavy atom. The molecule has 1 unspecified atom stereocenters. The monoisotopic (exact) mass is 530 g/mol. The molecule has 0 fully saturated rings. The van der Waals surface area contributed by atoms with Gasteiger partial charge in [-0.1, -0.05) is 155 Å². The minimum absolute atomic E-state index is 0.0887. The molecule has 0 aliphatic carbocycles. The normalized spacial score (nSPS) is 12.1. The SMILES string of the molecule is CCCCCCCCCCCCCCCCCCOC(=O)C(CCCCC)c1ccc(O)c(CCCC)c1. The van der Waals surface area contributed by atoms with Crippen molar-refractivity contribution in [1.82, 2.24) is 0 Å². The van der Waals surface area contributed by atoms with Gasteiger partial charge in [-0.2, -0.15) is 0 Å². The Balaban J connectivity index is 2.19. The van der Waals surface area contributed by atoms with E-state index in [-0.39, 0.29) is 11.9 Å². The number of carbonyl (C=O) groups is 1. The molecule has 3 nitrogen and oxygen atoms in total. The third-order valence-electron chi connectivity index (χ3n) is 7.93. The van der Waals surface area contributed by atoms with Crippen LogP contribution < -0.4 is 0 Å². The summed E-state index contributed by atoms with van der Waals surface area (Å²) in [5.74, 6) is 0.0359. The Labute approximate surface area is 236 Å². The fourth-order valence-electron chi connectivity index (χ4n) is 5.33. The number of rotatable bonds is 26. The highest BCUT2D eigenvalue weighted by atomic mass is 16.5. The second-order valence-electron chi connectivity index (χ2n) is 11.5. The number of aromatic hydroxyl groups is 1. The van der Waals surface area contributed by atoms with E-state index < -0.39 is 0 Å². The first-order valence-corrected chi connectivity index (χ1v) is 16.6. The molecule has 1 aromatic carbocycles. The third-order valence-corrected chi connectivity index (χ3v) is 7.93. The maximum atomic E-state index is 13.0. The molecule has 0 heterocycles. The van der Waals surface area contributed by atoms with Gasteiger partial charge in [0.05, 0.1) is 12.5 Å². The molecule has 0 aliphatic rings. The van der Waals surface area contributed by atoms with Crippen molar-refractivity contribution in [3.63, 3.8) is 0 Å². The average Bonchev–Trinajstić information content (AvgIpc) is 2.92. The van der Waals surface area contributed by atoms with Crippen LogP contribution in [0.15, 0.2) is 18.2 Å². The number of phenols is 1. The molecule has 0 amide bonds. The Kier molecular flexibility index (Phi) is 22.3. The van der Waals surface area contributed by atoms with Gasteiger partial charge in [-0.25, -0.2) is 0 Å². The quantitative estimate of drug-likeness (QED) is 0.0956. The molecule has 0 bridgehead atoms. The van der Waals surface area contributed by atoms with E-state index in [9.17, 15) is 9.90 Å². The van der Waals surface area contributed by atoms with Crippen LogP contribution >= 0.6 is 0 Å². The number of esters is 1. The number of phenolic OH excluding ortho intramolecular Hbond substituents is 1. The van der Waals surface area contributed by atoms with Crippen molar-refractivity contribution in [1.29, 1.82) is 0 Å². The summed E-state index contributed by atoms with van der Waals surface area (Å²) < 4.78 is 5.76. The highest BCUT2D eigenvalue weighted by Gasteiger charge is 2.22. The number of unbranched alkanes of at least 4 members (excludes halogenated alkanes) is 18. The van der Waals surface area contributed by atoms with Crippen LogP contribution in [0.25, 0.3) is 0 Å². The van der Waals surface area contributed by atoms with Crippen LogP contribution in [0.3, 0.4) is 0 Å². The summed E-state index contributed by atoms with van der Waals surface area (Å²) in [6.45, 7) is 7.16. The Hall–Kier alpha value is -1.51. The molecule has 0 radical (unpaired) electrons. The summed E-state index contributed by atoms with van der Waals surface area (Å²) in [7, 11) is 0. The van der Waals surface area contributed by atoms with Gasteiger partial charge in [-0.3, -0.25) is 4.79 Å². The van der Waals surface area contributed by atoms with Gasteiger partial charge in [0.2, 0.25) is 0 Å². The number of hydrogen-bond donors (Lipinski definition) is 1. The van der Waals surface area contributed by atoms with Gasteiger partial charge < -0.3 is 9.84 Å². The van der Waals surface area contributed by atoms with Crippen molar-refractivity contribution in [2.75, 3.05) is 6.61 Å². The molecule has 0 spiro atoms. The predicted octanol–water partition coefficient (Wildman–Crippen LogP) is 11.2. The van der Waals surface area contributed by atoms with Crippen molar-refractivity contribution in [2.24, 2.45) is 0 Å². The summed E-state index contributed by atoms with van der Waals surface area (Å²) in [6, 6.07) is 5.71. The molecule has 220 valence electrons. The summed E-state index contributed by atoms with van der Waals surface area (Å²) in [4.78, 5) is 13.0. The highest BCUT2D eigenvalue weighted by molar-refractivity contribution is 5.78. The third kappa shape index (κ3) is 17.2. The van der Waals surface area contributed by atoms with Crippen LogP contribution in [0.2, 0.25) is 0 Å². The van der Waals surface area contributed by atoms with Crippen molar-refractivity contribution in [3.8, 4) is 5.75 Å². The minimum Gasteiger partial charge on any atom is -0.508 e. The maximum absolute atomic E-state index is 13.0. The van der Waals surface area contributed by atoms with Gasteiger partial charge >= 0.3 is 5.97 Å². The van der Waals surface area contributed by atoms with E-state index in [1.165, 1.54) is 89.9 Å². The number of ether oxygens (including phenoxy) is 1. The molecule has 0 aliphatic heterocycles. The van der Waals surface area contributed by atoms with Crippen LogP contribution in [-0.4, -0.2) is 17.7 Å². The van der Waals surface area contributed by atoms with E-state index >= 15 is 0 Å². The van der Waals surface area contributed by atoms with E-state index in [2.05, 4.69) is 20.8 Å². The van der Waals surface area contributed by atoms with Crippen LogP contribution in [-0.2, 0) is 16.0 Å². The smallest absolute Gasteiger partial charge is 0.313 e. The second-order valence-corrected chi connectivity index (χ2v) is 11.5. The molecule has 38 heavy (non-hydrogen) atoms. The number of aryl methyl sites for hydroxylation is 1. The molecule has 0 aromatic heterocycles. The standard InChI is InChI=1S/C35H62O3/c1-4-7-10-11-12-13-14-15-16-17-18-19-20-21-22-24-29-38-35(37)33(26-23-8-5-2)31-27-28-34(36)32(30-31)25-9-6-3/h27-28,30,33,36H,4-26,29H2,1-3H3. The van der Waals surface area contributed by atoms with Crippen LogP contribution in [0.4, 0.5) is 0 Å². The minimum atomic E-state index is -0.219. The van der Waals surface area contributed by atoms with E-state index in [1.54, 1.807) is 6.07 Å². The summed E-state index contributed by atoms with van der Waals surface area (Å²) >= 11 is 0. The van der Waals surface area contributed by atoms with E-state index in [0.717, 1.165) is 68.9 Å². The molecule has 1 N–H and O–H groups in total. The zero-order valence-electron chi connectivity index (χ0n) is 25.5. The first-order chi connectivity index (χ1) is 18.6. The van der Waals surface area contributed by atoms with Gasteiger partial charge in [0.25, 0.3) is 0 Å². The first-order valence-electron chi connectivity index (χ1n) is 16.6. The molecular weight excluding hydrogens is 468 g/mol. The Morgan fingerprint density at radius 1 is 0.658 bits per heavy atom. The average molecular weight is 531 g/mol. The van der Waals surface area contributed by atoms with E-state index in [4.69, 9.17) is 4.74 Å². The van der Waals surface area contributed by atoms with E-state index in [1.807, 2.05) is 12.1 Å². The number of benzene rings is 1. The number of hydrogen-bond acceptors (Lipinski definition) is 3. The van der Waals surface area contributed by atoms with Crippen LogP contribution in [0, 0.1) is 0 Å². The molecule has 1 rings (SSSR count). The Morgan fingerprint density at radius 3 is 1.66 bits per heavy atom. The van der Waals surface area contributed by atoms with Crippen molar-refractivity contribution >= 4 is 5.97 Å². The lowest BCUT2D eigenvalue weighted by Gasteiger charge is -2.18. The molecule has 1 atom stereocenters. The Bertz CT molecular complexity index is 684. The fourth-order valence-corrected chi connectivity index (χ4v) is 5.33. The van der Waals surface area contributed by atoms with Crippen molar-refractivity contribution < 1.29 is 14.6 Å². The first kappa shape index (κ1) is 34.5. The molecule has 1 aromatic rings. The molecular formula is C35H62O3. The van der Waals surface area contributed by atoms with E-state index in [0.29, 0.717) is 12.4 Å². The molecule has 3 heteroatoms. The summed E-state index contributed by atoms with van der Waals surface area (Å²) in [6.07, 6.45) is 28.6. The van der Waals surface area contributed by atoms with Crippen molar-refractivity contribution in [3.05, 3.63) is 29.3 Å². The highest BCUT2D eigenvalue weighted by Crippen LogP contribution is 2.29. The fraction of sp³-hybridized carbons (Fsp3) is 0.800. The summed E-state index contributed by atoms with van der Waals surface area (Å²) in [5.41, 5.74) is 1.96. The zero-order chi connectivity index (χ0) is 27.7.